The maximum Gasteiger partial charge on any atom is 0.246 e. The lowest BCUT2D eigenvalue weighted by molar-refractivity contribution is -0.148. The second-order valence-electron chi connectivity index (χ2n) is 3.85. The van der Waals surface area contributed by atoms with Gasteiger partial charge in [0.05, 0.1) is 6.04 Å². The number of imide groups is 1. The molecular formula is C10H14N4O2. The van der Waals surface area contributed by atoms with E-state index in [2.05, 4.69) is 15.5 Å². The molecule has 1 saturated heterocycles. The third-order valence-electron chi connectivity index (χ3n) is 2.75. The van der Waals surface area contributed by atoms with Gasteiger partial charge in [-0.3, -0.25) is 19.6 Å². The van der Waals surface area contributed by atoms with Gasteiger partial charge in [-0.1, -0.05) is 0 Å². The van der Waals surface area contributed by atoms with Gasteiger partial charge < -0.3 is 5.32 Å². The Morgan fingerprint density at radius 1 is 1.62 bits per heavy atom. The normalized spacial score (nSPS) is 21.6. The van der Waals surface area contributed by atoms with Crippen LogP contribution in [0.2, 0.25) is 0 Å². The Labute approximate surface area is 93.0 Å². The summed E-state index contributed by atoms with van der Waals surface area (Å²) in [5.74, 6) is -0.264. The first-order valence-electron chi connectivity index (χ1n) is 5.20. The van der Waals surface area contributed by atoms with Gasteiger partial charge in [-0.05, 0) is 12.5 Å². The van der Waals surface area contributed by atoms with Gasteiger partial charge >= 0.3 is 0 Å². The molecule has 2 amide bonds. The van der Waals surface area contributed by atoms with Crippen LogP contribution < -0.4 is 5.32 Å². The van der Waals surface area contributed by atoms with Crippen LogP contribution in [0.15, 0.2) is 12.3 Å². The molecule has 2 heterocycles. The largest absolute Gasteiger partial charge is 0.300 e. The SMILES string of the molecule is CN1C(=O)CCC(NCc2ccn[nH]2)C1=O. The van der Waals surface area contributed by atoms with E-state index >= 15 is 0 Å². The van der Waals surface area contributed by atoms with Crippen LogP contribution in [0.5, 0.6) is 0 Å². The number of carbonyl (C=O) groups is 2. The van der Waals surface area contributed by atoms with Crippen molar-refractivity contribution in [2.75, 3.05) is 7.05 Å². The third-order valence-corrected chi connectivity index (χ3v) is 2.75. The lowest BCUT2D eigenvalue weighted by atomic mass is 10.0. The highest BCUT2D eigenvalue weighted by Crippen LogP contribution is 2.11. The van der Waals surface area contributed by atoms with Crippen molar-refractivity contribution < 1.29 is 9.59 Å². The van der Waals surface area contributed by atoms with Crippen LogP contribution >= 0.6 is 0 Å². The number of rotatable bonds is 3. The Hall–Kier alpha value is -1.69. The Morgan fingerprint density at radius 3 is 3.12 bits per heavy atom. The maximum atomic E-state index is 11.7. The van der Waals surface area contributed by atoms with Gasteiger partial charge in [-0.15, -0.1) is 0 Å². The van der Waals surface area contributed by atoms with Gasteiger partial charge in [-0.2, -0.15) is 5.10 Å². The maximum absolute atomic E-state index is 11.7. The number of amides is 2. The molecule has 1 fully saturated rings. The van der Waals surface area contributed by atoms with Crippen LogP contribution in [0.4, 0.5) is 0 Å². The van der Waals surface area contributed by atoms with Gasteiger partial charge in [0.15, 0.2) is 0 Å². The Morgan fingerprint density at radius 2 is 2.44 bits per heavy atom. The fourth-order valence-corrected chi connectivity index (χ4v) is 1.72. The lowest BCUT2D eigenvalue weighted by Crippen LogP contribution is -2.51. The van der Waals surface area contributed by atoms with Crippen molar-refractivity contribution in [2.24, 2.45) is 0 Å². The highest BCUT2D eigenvalue weighted by atomic mass is 16.2. The molecule has 6 heteroatoms. The summed E-state index contributed by atoms with van der Waals surface area (Å²) < 4.78 is 0. The Kier molecular flexibility index (Phi) is 3.00. The van der Waals surface area contributed by atoms with E-state index < -0.39 is 0 Å². The molecule has 1 aliphatic heterocycles. The van der Waals surface area contributed by atoms with E-state index in [1.54, 1.807) is 6.20 Å². The van der Waals surface area contributed by atoms with E-state index in [0.29, 0.717) is 19.4 Å². The number of aromatic amines is 1. The lowest BCUT2D eigenvalue weighted by Gasteiger charge is -2.28. The molecule has 0 aromatic carbocycles. The predicted octanol–water partition coefficient (Wildman–Crippen LogP) is -0.353. The number of likely N-dealkylation sites (tertiary alicyclic amines) is 1. The molecule has 6 nitrogen and oxygen atoms in total. The number of carbonyl (C=O) groups excluding carboxylic acids is 2. The van der Waals surface area contributed by atoms with Crippen molar-refractivity contribution in [2.45, 2.75) is 25.4 Å². The molecule has 2 rings (SSSR count). The predicted molar refractivity (Wildman–Crippen MR) is 56.2 cm³/mol. The smallest absolute Gasteiger partial charge is 0.246 e. The van der Waals surface area contributed by atoms with Crippen LogP contribution in [0, 0.1) is 0 Å². The number of nitrogens with one attached hydrogen (secondary N) is 2. The highest BCUT2D eigenvalue weighted by Gasteiger charge is 2.31. The number of H-pyrrole nitrogens is 1. The first kappa shape index (κ1) is 10.8. The fraction of sp³-hybridized carbons (Fsp3) is 0.500. The molecular weight excluding hydrogens is 208 g/mol. The van der Waals surface area contributed by atoms with Crippen molar-refractivity contribution in [3.63, 3.8) is 0 Å². The molecule has 0 aliphatic carbocycles. The van der Waals surface area contributed by atoms with Gasteiger partial charge in [0, 0.05) is 31.9 Å². The van der Waals surface area contributed by atoms with Gasteiger partial charge in [0.2, 0.25) is 11.8 Å². The van der Waals surface area contributed by atoms with Crippen molar-refractivity contribution in [3.8, 4) is 0 Å². The standard InChI is InChI=1S/C10H14N4O2/c1-14-9(15)3-2-8(10(14)16)11-6-7-4-5-12-13-7/h4-5,8,11H,2-3,6H2,1H3,(H,12,13). The van der Waals surface area contributed by atoms with Gasteiger partial charge in [0.1, 0.15) is 0 Å². The summed E-state index contributed by atoms with van der Waals surface area (Å²) >= 11 is 0. The summed E-state index contributed by atoms with van der Waals surface area (Å²) in [5, 5.41) is 9.73. The van der Waals surface area contributed by atoms with Crippen LogP contribution in [0.3, 0.4) is 0 Å². The van der Waals surface area contributed by atoms with E-state index in [-0.39, 0.29) is 17.9 Å². The van der Waals surface area contributed by atoms with E-state index in [4.69, 9.17) is 0 Å². The summed E-state index contributed by atoms with van der Waals surface area (Å²) in [6.45, 7) is 0.554. The summed E-state index contributed by atoms with van der Waals surface area (Å²) in [6.07, 6.45) is 2.65. The Balaban J connectivity index is 1.91. The van der Waals surface area contributed by atoms with Crippen LogP contribution in [0.25, 0.3) is 0 Å². The summed E-state index contributed by atoms with van der Waals surface area (Å²) in [7, 11) is 1.52. The number of hydrogen-bond donors (Lipinski definition) is 2. The molecule has 1 aromatic heterocycles. The zero-order chi connectivity index (χ0) is 11.5. The third kappa shape index (κ3) is 2.11. The molecule has 86 valence electrons. The number of hydrogen-bond acceptors (Lipinski definition) is 4. The quantitative estimate of drug-likeness (QED) is 0.685. The molecule has 0 saturated carbocycles. The second kappa shape index (κ2) is 4.44. The van der Waals surface area contributed by atoms with Gasteiger partial charge in [0.25, 0.3) is 0 Å². The van der Waals surface area contributed by atoms with E-state index in [1.807, 2.05) is 6.07 Å². The summed E-state index contributed by atoms with van der Waals surface area (Å²) in [5.41, 5.74) is 0.923. The molecule has 2 N–H and O–H groups in total. The fourth-order valence-electron chi connectivity index (χ4n) is 1.72. The molecule has 1 atom stereocenters. The van der Waals surface area contributed by atoms with Gasteiger partial charge in [-0.25, -0.2) is 0 Å². The number of aromatic nitrogens is 2. The van der Waals surface area contributed by atoms with E-state index in [0.717, 1.165) is 5.69 Å². The van der Waals surface area contributed by atoms with Crippen LogP contribution in [-0.4, -0.2) is 40.0 Å². The molecule has 0 spiro atoms. The topological polar surface area (TPSA) is 78.1 Å². The van der Waals surface area contributed by atoms with Crippen molar-refractivity contribution in [3.05, 3.63) is 18.0 Å². The van der Waals surface area contributed by atoms with Crippen LogP contribution in [-0.2, 0) is 16.1 Å². The minimum atomic E-state index is -0.272. The molecule has 1 aromatic rings. The zero-order valence-corrected chi connectivity index (χ0v) is 9.06. The van der Waals surface area contributed by atoms with Crippen molar-refractivity contribution >= 4 is 11.8 Å². The average molecular weight is 222 g/mol. The average Bonchev–Trinajstić information content (AvgIpc) is 2.78. The Bertz CT molecular complexity index is 388. The molecule has 1 aliphatic rings. The summed E-state index contributed by atoms with van der Waals surface area (Å²) in [6, 6.07) is 1.57. The molecule has 0 radical (unpaired) electrons. The van der Waals surface area contributed by atoms with E-state index in [1.165, 1.54) is 11.9 Å². The number of likely N-dealkylation sites (N-methyl/N-ethyl adjacent to an activating group) is 1. The first-order valence-corrected chi connectivity index (χ1v) is 5.20. The zero-order valence-electron chi connectivity index (χ0n) is 9.06. The molecule has 0 bridgehead atoms. The van der Waals surface area contributed by atoms with Crippen LogP contribution in [0.1, 0.15) is 18.5 Å². The highest BCUT2D eigenvalue weighted by molar-refractivity contribution is 6.00. The minimum Gasteiger partial charge on any atom is -0.300 e. The first-order chi connectivity index (χ1) is 7.68. The number of nitrogens with zero attached hydrogens (tertiary/aromatic N) is 2. The minimum absolute atomic E-state index is 0.107. The molecule has 1 unspecified atom stereocenters. The number of piperidine rings is 1. The molecule has 16 heavy (non-hydrogen) atoms. The monoisotopic (exact) mass is 222 g/mol. The van der Waals surface area contributed by atoms with E-state index in [9.17, 15) is 9.59 Å². The summed E-state index contributed by atoms with van der Waals surface area (Å²) in [4.78, 5) is 24.1. The van der Waals surface area contributed by atoms with Crippen molar-refractivity contribution in [1.82, 2.24) is 20.4 Å². The van der Waals surface area contributed by atoms with Crippen molar-refractivity contribution in [1.29, 1.82) is 0 Å². The second-order valence-corrected chi connectivity index (χ2v) is 3.85.